The average molecular weight is 788 g/mol. The van der Waals surface area contributed by atoms with Gasteiger partial charge in [0.1, 0.15) is 31.5 Å². The molecule has 29 heavy (non-hydrogen) atoms. The van der Waals surface area contributed by atoms with Crippen molar-refractivity contribution in [3.8, 4) is 11.5 Å². The van der Waals surface area contributed by atoms with Crippen LogP contribution in [0, 0.1) is 5.41 Å². The second kappa shape index (κ2) is 13.4. The number of hydrogen-bond acceptors (Lipinski definition) is 6. The number of ether oxygens (including phenoxy) is 2. The minimum atomic E-state index is -3.68. The Hall–Kier alpha value is 0.0166. The number of hydrogen-bond donors (Lipinski definition) is 0. The van der Waals surface area contributed by atoms with Crippen LogP contribution in [0.3, 0.4) is 0 Å². The minimum absolute atomic E-state index is 0. The Labute approximate surface area is 203 Å². The fraction of sp³-hybridized carbons (Fsp3) is 0.647. The first kappa shape index (κ1) is 31.2. The third-order valence-electron chi connectivity index (χ3n) is 3.07. The molecule has 0 aromatic heterocycles. The van der Waals surface area contributed by atoms with E-state index in [2.05, 4.69) is 30.2 Å². The molecule has 168 valence electrons. The van der Waals surface area contributed by atoms with Crippen LogP contribution in [0.25, 0.3) is 9.44 Å². The summed E-state index contributed by atoms with van der Waals surface area (Å²) in [7, 11) is -7.36. The van der Waals surface area contributed by atoms with Crippen molar-refractivity contribution in [1.29, 1.82) is 0 Å². The Morgan fingerprint density at radius 1 is 0.793 bits per heavy atom. The molecule has 1 rings (SSSR count). The number of benzene rings is 1. The molecule has 0 radical (unpaired) electrons. The third-order valence-corrected chi connectivity index (χ3v) is 5.21. The van der Waals surface area contributed by atoms with E-state index in [4.69, 9.17) is 9.47 Å². The van der Waals surface area contributed by atoms with Crippen molar-refractivity contribution in [2.45, 2.75) is 41.0 Å². The molecule has 0 atom stereocenters. The molecule has 0 spiro atoms. The summed E-state index contributed by atoms with van der Waals surface area (Å²) in [6.45, 7) is 9.68. The molecule has 1 aromatic carbocycles. The summed E-state index contributed by atoms with van der Waals surface area (Å²) < 4.78 is 64.6. The fourth-order valence-corrected chi connectivity index (χ4v) is 3.77. The minimum Gasteiger partial charge on any atom is -0.546 e. The summed E-state index contributed by atoms with van der Waals surface area (Å²) in [4.78, 5) is 0. The van der Waals surface area contributed by atoms with Crippen molar-refractivity contribution < 1.29 is 68.4 Å². The van der Waals surface area contributed by atoms with E-state index in [0.29, 0.717) is 6.42 Å². The summed E-state index contributed by atoms with van der Waals surface area (Å²) in [5, 5.41) is 0. The topological polar surface area (TPSA) is 115 Å². The first-order valence-electron chi connectivity index (χ1n) is 8.58. The zero-order valence-corrected chi connectivity index (χ0v) is 24.7. The molecule has 0 amide bonds. The molecule has 0 aliphatic rings. The normalized spacial score (nSPS) is 11.9. The molecule has 0 saturated carbocycles. The van der Waals surface area contributed by atoms with Gasteiger partial charge in [-0.1, -0.05) is 34.6 Å². The van der Waals surface area contributed by atoms with Gasteiger partial charge in [0.05, 0.1) is 0 Å². The van der Waals surface area contributed by atoms with E-state index in [1.165, 1.54) is 6.07 Å². The quantitative estimate of drug-likeness (QED) is 0.340. The standard InChI is InChI=1S/C17H28N2O6S2.2W/c1-6-18-26(20,21)12-24-15-8-14(11-17(3,4)5)9-16(10-15)25-13-27(22,23)19-7-2;;/h8-10H,6-7,11-13H2,1-5H3;;/q-2;;. The molecule has 0 fully saturated rings. The first-order valence-corrected chi connectivity index (χ1v) is 11.8. The Kier molecular flexibility index (Phi) is 14.5. The SMILES string of the molecule is CC[N-]S(=O)(=O)COc1cc(CC(C)(C)C)cc(OCS(=O)(=O)[N-]CC)c1.[W].[W]. The van der Waals surface area contributed by atoms with Crippen molar-refractivity contribution in [2.24, 2.45) is 5.41 Å². The second-order valence-electron chi connectivity index (χ2n) is 7.13. The molecule has 1 aromatic rings. The Bertz CT molecular complexity index is 767. The van der Waals surface area contributed by atoms with Gasteiger partial charge in [-0.25, -0.2) is 16.8 Å². The summed E-state index contributed by atoms with van der Waals surface area (Å²) >= 11 is 0. The predicted octanol–water partition coefficient (Wildman–Crippen LogP) is 3.39. The first-order chi connectivity index (χ1) is 12.4. The molecule has 0 aliphatic carbocycles. The number of nitrogens with zero attached hydrogens (tertiary/aromatic N) is 2. The molecular formula is C17H28N2O6S2W2-2. The van der Waals surface area contributed by atoms with Gasteiger partial charge in [0.2, 0.25) is 0 Å². The largest absolute Gasteiger partial charge is 0.546 e. The Balaban J connectivity index is 0. The van der Waals surface area contributed by atoms with Gasteiger partial charge >= 0.3 is 0 Å². The van der Waals surface area contributed by atoms with Crippen LogP contribution >= 0.6 is 0 Å². The van der Waals surface area contributed by atoms with Crippen LogP contribution in [-0.4, -0.2) is 41.8 Å². The van der Waals surface area contributed by atoms with Gasteiger partial charge in [-0.3, -0.25) is 0 Å². The molecule has 0 unspecified atom stereocenters. The smallest absolute Gasteiger partial charge is 0.172 e. The summed E-state index contributed by atoms with van der Waals surface area (Å²) in [5.74, 6) is -0.649. The van der Waals surface area contributed by atoms with Crippen molar-refractivity contribution in [1.82, 2.24) is 0 Å². The maximum absolute atomic E-state index is 11.7. The van der Waals surface area contributed by atoms with Crippen molar-refractivity contribution in [2.75, 3.05) is 25.0 Å². The molecule has 0 saturated heterocycles. The van der Waals surface area contributed by atoms with E-state index >= 15 is 0 Å². The van der Waals surface area contributed by atoms with Crippen molar-refractivity contribution >= 4 is 20.0 Å². The summed E-state index contributed by atoms with van der Waals surface area (Å²) in [6.07, 6.45) is 0.665. The van der Waals surface area contributed by atoms with Crippen molar-refractivity contribution in [3.63, 3.8) is 0 Å². The summed E-state index contributed by atoms with van der Waals surface area (Å²) in [5.41, 5.74) is 0.799. The van der Waals surface area contributed by atoms with E-state index in [0.717, 1.165) is 5.56 Å². The molecular weight excluding hydrogens is 760 g/mol. The zero-order valence-electron chi connectivity index (χ0n) is 17.2. The Morgan fingerprint density at radius 2 is 1.17 bits per heavy atom. The summed E-state index contributed by atoms with van der Waals surface area (Å²) in [6, 6.07) is 4.88. The molecule has 8 nitrogen and oxygen atoms in total. The molecule has 0 N–H and O–H groups in total. The van der Waals surface area contributed by atoms with Crippen LogP contribution in [0.15, 0.2) is 18.2 Å². The van der Waals surface area contributed by atoms with Gasteiger partial charge < -0.3 is 18.9 Å². The van der Waals surface area contributed by atoms with Gasteiger partial charge in [0.15, 0.2) is 11.9 Å². The Morgan fingerprint density at radius 3 is 1.48 bits per heavy atom. The van der Waals surface area contributed by atoms with Crippen LogP contribution in [0.4, 0.5) is 0 Å². The van der Waals surface area contributed by atoms with Gasteiger partial charge in [-0.2, -0.15) is 0 Å². The van der Waals surface area contributed by atoms with Gasteiger partial charge in [0, 0.05) is 48.2 Å². The van der Waals surface area contributed by atoms with Crippen LogP contribution < -0.4 is 9.47 Å². The van der Waals surface area contributed by atoms with E-state index in [-0.39, 0.29) is 72.1 Å². The second-order valence-corrected chi connectivity index (χ2v) is 10.4. The fourth-order valence-electron chi connectivity index (χ4n) is 2.26. The monoisotopic (exact) mass is 788 g/mol. The third kappa shape index (κ3) is 13.8. The van der Waals surface area contributed by atoms with E-state index in [1.807, 2.05) is 0 Å². The molecule has 12 heteroatoms. The molecule has 0 heterocycles. The molecule has 0 aliphatic heterocycles. The van der Waals surface area contributed by atoms with Crippen LogP contribution in [0.5, 0.6) is 11.5 Å². The maximum atomic E-state index is 11.7. The molecule has 0 bridgehead atoms. The van der Waals surface area contributed by atoms with E-state index < -0.39 is 31.9 Å². The van der Waals surface area contributed by atoms with Crippen LogP contribution in [0.1, 0.15) is 40.2 Å². The number of rotatable bonds is 11. The zero-order chi connectivity index (χ0) is 20.7. The van der Waals surface area contributed by atoms with Gasteiger partial charge in [0.25, 0.3) is 0 Å². The van der Waals surface area contributed by atoms with Gasteiger partial charge in [-0.15, -0.1) is 13.1 Å². The van der Waals surface area contributed by atoms with Crippen LogP contribution in [-0.2, 0) is 68.6 Å². The van der Waals surface area contributed by atoms with E-state index in [1.54, 1.807) is 26.0 Å². The predicted molar refractivity (Wildman–Crippen MR) is 106 cm³/mol. The van der Waals surface area contributed by atoms with Gasteiger partial charge in [-0.05, 0) is 29.5 Å². The average Bonchev–Trinajstić information content (AvgIpc) is 2.49. The van der Waals surface area contributed by atoms with Crippen LogP contribution in [0.2, 0.25) is 0 Å². The number of sulfonamides is 2. The van der Waals surface area contributed by atoms with E-state index in [9.17, 15) is 16.8 Å². The van der Waals surface area contributed by atoms with Crippen molar-refractivity contribution in [3.05, 3.63) is 33.2 Å². The maximum Gasteiger partial charge on any atom is 0.172 e.